The number of likely N-dealkylation sites (N-methyl/N-ethyl adjacent to an activating group) is 1. The van der Waals surface area contributed by atoms with E-state index >= 15 is 0 Å². The Kier molecular flexibility index (Phi) is 7.39. The summed E-state index contributed by atoms with van der Waals surface area (Å²) < 4.78 is 6.82. The van der Waals surface area contributed by atoms with E-state index in [4.69, 9.17) is 4.74 Å². The first-order valence-electron chi connectivity index (χ1n) is 11.8. The van der Waals surface area contributed by atoms with Crippen LogP contribution in [0, 0.1) is 6.92 Å². The summed E-state index contributed by atoms with van der Waals surface area (Å²) in [6.07, 6.45) is 1.41. The first-order valence-corrected chi connectivity index (χ1v) is 12.6. The number of benzene rings is 1. The molecule has 0 unspecified atom stereocenters. The van der Waals surface area contributed by atoms with Gasteiger partial charge in [-0.1, -0.05) is 12.1 Å². The summed E-state index contributed by atoms with van der Waals surface area (Å²) in [5, 5.41) is 0.417. The molecule has 2 amide bonds. The Morgan fingerprint density at radius 3 is 2.46 bits per heavy atom. The SMILES string of the molecule is CCN(CC)C(=O)Cn1cnc2sc(C(=O)N3CCN(c4ccccc4OC)CC3)c(C)c2c1=O. The molecule has 35 heavy (non-hydrogen) atoms. The number of aryl methyl sites for hydroxylation is 1. The standard InChI is InChI=1S/C25H31N5O4S/c1-5-27(6-2)20(31)15-30-16-26-23-21(24(30)32)17(3)22(35-23)25(33)29-13-11-28(12-14-29)18-9-7-8-10-19(18)34-4/h7-10,16H,5-6,11-15H2,1-4H3. The van der Waals surface area contributed by atoms with Gasteiger partial charge >= 0.3 is 0 Å². The lowest BCUT2D eigenvalue weighted by atomic mass is 10.2. The lowest BCUT2D eigenvalue weighted by Gasteiger charge is -2.36. The van der Waals surface area contributed by atoms with Gasteiger partial charge in [0.2, 0.25) is 5.91 Å². The van der Waals surface area contributed by atoms with Gasteiger partial charge in [-0.25, -0.2) is 4.98 Å². The second-order valence-electron chi connectivity index (χ2n) is 8.43. The zero-order valence-corrected chi connectivity index (χ0v) is 21.4. The van der Waals surface area contributed by atoms with Gasteiger partial charge < -0.3 is 19.4 Å². The van der Waals surface area contributed by atoms with Crippen molar-refractivity contribution in [3.05, 3.63) is 51.4 Å². The van der Waals surface area contributed by atoms with Gasteiger partial charge in [0, 0.05) is 39.3 Å². The Balaban J connectivity index is 1.53. The van der Waals surface area contributed by atoms with Crippen LogP contribution in [0.4, 0.5) is 5.69 Å². The summed E-state index contributed by atoms with van der Waals surface area (Å²) in [5.41, 5.74) is 1.36. The van der Waals surface area contributed by atoms with E-state index in [1.807, 2.05) is 43.0 Å². The first-order chi connectivity index (χ1) is 16.9. The van der Waals surface area contributed by atoms with Crippen molar-refractivity contribution in [2.45, 2.75) is 27.3 Å². The van der Waals surface area contributed by atoms with Crippen LogP contribution >= 0.6 is 11.3 Å². The molecule has 3 aromatic rings. The molecule has 1 aliphatic heterocycles. The fourth-order valence-corrected chi connectivity index (χ4v) is 5.59. The molecule has 186 valence electrons. The predicted molar refractivity (Wildman–Crippen MR) is 138 cm³/mol. The number of aromatic nitrogens is 2. The molecule has 0 spiro atoms. The Bertz CT molecular complexity index is 1290. The van der Waals surface area contributed by atoms with Crippen molar-refractivity contribution >= 4 is 39.1 Å². The van der Waals surface area contributed by atoms with Crippen molar-refractivity contribution in [3.8, 4) is 5.75 Å². The summed E-state index contributed by atoms with van der Waals surface area (Å²) >= 11 is 1.24. The zero-order valence-electron chi connectivity index (χ0n) is 20.6. The zero-order chi connectivity index (χ0) is 25.1. The molecule has 2 aromatic heterocycles. The lowest BCUT2D eigenvalue weighted by Crippen LogP contribution is -2.48. The van der Waals surface area contributed by atoms with Gasteiger partial charge in [-0.15, -0.1) is 11.3 Å². The number of thiophene rings is 1. The second kappa shape index (κ2) is 10.5. The fraction of sp³-hybridized carbons (Fsp3) is 0.440. The topological polar surface area (TPSA) is 88.0 Å². The molecule has 0 radical (unpaired) electrons. The summed E-state index contributed by atoms with van der Waals surface area (Å²) in [4.78, 5) is 50.2. The number of methoxy groups -OCH3 is 1. The van der Waals surface area contributed by atoms with E-state index in [0.717, 1.165) is 11.4 Å². The quantitative estimate of drug-likeness (QED) is 0.499. The number of ether oxygens (including phenoxy) is 1. The Morgan fingerprint density at radius 1 is 1.11 bits per heavy atom. The van der Waals surface area contributed by atoms with Gasteiger partial charge in [0.1, 0.15) is 17.1 Å². The van der Waals surface area contributed by atoms with Gasteiger partial charge in [0.05, 0.1) is 29.4 Å². The van der Waals surface area contributed by atoms with Gasteiger partial charge in [0.15, 0.2) is 0 Å². The molecule has 0 atom stereocenters. The van der Waals surface area contributed by atoms with Crippen LogP contribution < -0.4 is 15.2 Å². The predicted octanol–water partition coefficient (Wildman–Crippen LogP) is 2.61. The number of rotatable bonds is 7. The largest absolute Gasteiger partial charge is 0.495 e. The molecule has 9 nitrogen and oxygen atoms in total. The highest BCUT2D eigenvalue weighted by Gasteiger charge is 2.27. The summed E-state index contributed by atoms with van der Waals surface area (Å²) in [7, 11) is 1.66. The van der Waals surface area contributed by atoms with E-state index in [-0.39, 0.29) is 23.9 Å². The number of hydrogen-bond acceptors (Lipinski definition) is 7. The van der Waals surface area contributed by atoms with Crippen molar-refractivity contribution < 1.29 is 14.3 Å². The van der Waals surface area contributed by atoms with E-state index in [1.54, 1.807) is 18.9 Å². The summed E-state index contributed by atoms with van der Waals surface area (Å²) in [6, 6.07) is 7.87. The number of amides is 2. The molecule has 1 saturated heterocycles. The molecule has 10 heteroatoms. The Morgan fingerprint density at radius 2 is 1.80 bits per heavy atom. The van der Waals surface area contributed by atoms with Gasteiger partial charge in [-0.2, -0.15) is 0 Å². The van der Waals surface area contributed by atoms with Crippen LogP contribution in [0.5, 0.6) is 5.75 Å². The number of carbonyl (C=O) groups is 2. The molecule has 4 rings (SSSR count). The van der Waals surface area contributed by atoms with Crippen LogP contribution in [0.3, 0.4) is 0 Å². The van der Waals surface area contributed by atoms with Crippen molar-refractivity contribution in [1.29, 1.82) is 0 Å². The van der Waals surface area contributed by atoms with Gasteiger partial charge in [-0.3, -0.25) is 19.0 Å². The van der Waals surface area contributed by atoms with E-state index < -0.39 is 0 Å². The average Bonchev–Trinajstić information content (AvgIpc) is 3.23. The molecule has 3 heterocycles. The van der Waals surface area contributed by atoms with E-state index in [2.05, 4.69) is 9.88 Å². The molecular weight excluding hydrogens is 466 g/mol. The summed E-state index contributed by atoms with van der Waals surface area (Å²) in [6.45, 7) is 9.22. The minimum Gasteiger partial charge on any atom is -0.495 e. The first kappa shape index (κ1) is 24.7. The number of fused-ring (bicyclic) bond motifs is 1. The third kappa shape index (κ3) is 4.75. The minimum absolute atomic E-state index is 0.0626. The molecule has 0 aliphatic carbocycles. The van der Waals surface area contributed by atoms with E-state index in [9.17, 15) is 14.4 Å². The highest BCUT2D eigenvalue weighted by molar-refractivity contribution is 7.20. The number of hydrogen-bond donors (Lipinski definition) is 0. The van der Waals surface area contributed by atoms with Crippen molar-refractivity contribution in [1.82, 2.24) is 19.4 Å². The third-order valence-corrected chi connectivity index (χ3v) is 7.71. The average molecular weight is 498 g/mol. The van der Waals surface area contributed by atoms with Crippen LogP contribution in [0.1, 0.15) is 29.1 Å². The van der Waals surface area contributed by atoms with Crippen LogP contribution in [0.25, 0.3) is 10.2 Å². The second-order valence-corrected chi connectivity index (χ2v) is 9.43. The molecule has 0 saturated carbocycles. The molecule has 0 N–H and O–H groups in total. The van der Waals surface area contributed by atoms with Gasteiger partial charge in [-0.05, 0) is 38.5 Å². The van der Waals surface area contributed by atoms with Crippen molar-refractivity contribution in [2.24, 2.45) is 0 Å². The molecular formula is C25H31N5O4S. The number of para-hydroxylation sites is 2. The van der Waals surface area contributed by atoms with Crippen molar-refractivity contribution in [2.75, 3.05) is 51.3 Å². The number of anilines is 1. The maximum Gasteiger partial charge on any atom is 0.264 e. The molecule has 0 bridgehead atoms. The Hall–Kier alpha value is -3.40. The van der Waals surface area contributed by atoms with Crippen molar-refractivity contribution in [3.63, 3.8) is 0 Å². The fourth-order valence-electron chi connectivity index (χ4n) is 4.48. The van der Waals surface area contributed by atoms with E-state index in [0.29, 0.717) is 59.9 Å². The lowest BCUT2D eigenvalue weighted by molar-refractivity contribution is -0.131. The van der Waals surface area contributed by atoms with Crippen LogP contribution in [-0.2, 0) is 11.3 Å². The smallest absolute Gasteiger partial charge is 0.264 e. The number of nitrogens with zero attached hydrogens (tertiary/aromatic N) is 5. The number of piperazine rings is 1. The maximum atomic E-state index is 13.4. The normalized spacial score (nSPS) is 13.8. The monoisotopic (exact) mass is 497 g/mol. The van der Waals surface area contributed by atoms with Crippen LogP contribution in [0.15, 0.2) is 35.4 Å². The maximum absolute atomic E-state index is 13.4. The van der Waals surface area contributed by atoms with E-state index in [1.165, 1.54) is 22.2 Å². The molecule has 1 aromatic carbocycles. The minimum atomic E-state index is -0.288. The molecule has 1 fully saturated rings. The number of carbonyl (C=O) groups excluding carboxylic acids is 2. The highest BCUT2D eigenvalue weighted by Crippen LogP contribution is 2.31. The van der Waals surface area contributed by atoms with Gasteiger partial charge in [0.25, 0.3) is 11.5 Å². The summed E-state index contributed by atoms with van der Waals surface area (Å²) in [5.74, 6) is 0.597. The van der Waals surface area contributed by atoms with Crippen LogP contribution in [-0.4, -0.2) is 77.5 Å². The highest BCUT2D eigenvalue weighted by atomic mass is 32.1. The van der Waals surface area contributed by atoms with Crippen LogP contribution in [0.2, 0.25) is 0 Å². The molecule has 1 aliphatic rings. The Labute approximate surface area is 208 Å². The third-order valence-electron chi connectivity index (χ3n) is 6.53.